The maximum Gasteiger partial charge on any atom is 0.0917 e. The van der Waals surface area contributed by atoms with Gasteiger partial charge in [0.2, 0.25) is 0 Å². The van der Waals surface area contributed by atoms with Crippen molar-refractivity contribution in [3.63, 3.8) is 0 Å². The lowest BCUT2D eigenvalue weighted by molar-refractivity contribution is 0.105. The molecular weight excluding hydrogens is 236 g/mol. The minimum atomic E-state index is -0.460. The predicted octanol–water partition coefficient (Wildman–Crippen LogP) is 3.06. The monoisotopic (exact) mass is 264 g/mol. The van der Waals surface area contributed by atoms with Crippen LogP contribution in [0.25, 0.3) is 0 Å². The largest absolute Gasteiger partial charge is 0.399 e. The van der Waals surface area contributed by atoms with Crippen molar-refractivity contribution in [2.75, 3.05) is 25.4 Å². The van der Waals surface area contributed by atoms with Crippen LogP contribution in [0.1, 0.15) is 45.3 Å². The van der Waals surface area contributed by atoms with E-state index >= 15 is 0 Å². The highest BCUT2D eigenvalue weighted by molar-refractivity contribution is 5.41. The quantitative estimate of drug-likeness (QED) is 0.709. The fraction of sp³-hybridized carbons (Fsp3) is 0.625. The van der Waals surface area contributed by atoms with Crippen LogP contribution in [0.4, 0.5) is 5.69 Å². The Labute approximate surface area is 117 Å². The summed E-state index contributed by atoms with van der Waals surface area (Å²) in [7, 11) is 0. The molecule has 0 aliphatic carbocycles. The lowest BCUT2D eigenvalue weighted by atomic mass is 10.0. The lowest BCUT2D eigenvalue weighted by Gasteiger charge is -2.27. The van der Waals surface area contributed by atoms with Crippen molar-refractivity contribution in [1.82, 2.24) is 4.90 Å². The minimum absolute atomic E-state index is 0.460. The molecule has 3 nitrogen and oxygen atoms in total. The molecule has 1 rings (SSSR count). The molecule has 0 fully saturated rings. The van der Waals surface area contributed by atoms with E-state index in [0.717, 1.165) is 18.7 Å². The molecule has 0 saturated carbocycles. The lowest BCUT2D eigenvalue weighted by Crippen LogP contribution is -2.33. The van der Waals surface area contributed by atoms with Gasteiger partial charge in [0.05, 0.1) is 6.10 Å². The van der Waals surface area contributed by atoms with Crippen LogP contribution in [-0.4, -0.2) is 29.6 Å². The summed E-state index contributed by atoms with van der Waals surface area (Å²) >= 11 is 0. The van der Waals surface area contributed by atoms with E-state index < -0.39 is 6.10 Å². The second-order valence-corrected chi connectivity index (χ2v) is 5.22. The highest BCUT2D eigenvalue weighted by atomic mass is 16.3. The summed E-state index contributed by atoms with van der Waals surface area (Å²) in [6.45, 7) is 9.32. The Kier molecular flexibility index (Phi) is 6.89. The SMILES string of the molecule is CCC(CC)CN(CC)CC(O)c1cccc(N)c1. The smallest absolute Gasteiger partial charge is 0.0917 e. The van der Waals surface area contributed by atoms with E-state index in [-0.39, 0.29) is 0 Å². The van der Waals surface area contributed by atoms with Crippen molar-refractivity contribution in [1.29, 1.82) is 0 Å². The number of likely N-dealkylation sites (N-methyl/N-ethyl adjacent to an activating group) is 1. The number of hydrogen-bond acceptors (Lipinski definition) is 3. The second-order valence-electron chi connectivity index (χ2n) is 5.22. The topological polar surface area (TPSA) is 49.5 Å². The van der Waals surface area contributed by atoms with E-state index in [1.165, 1.54) is 12.8 Å². The van der Waals surface area contributed by atoms with E-state index in [1.54, 1.807) is 0 Å². The fourth-order valence-corrected chi connectivity index (χ4v) is 2.36. The fourth-order valence-electron chi connectivity index (χ4n) is 2.36. The van der Waals surface area contributed by atoms with Gasteiger partial charge in [-0.1, -0.05) is 45.7 Å². The number of aliphatic hydroxyl groups is 1. The molecule has 3 heteroatoms. The highest BCUT2D eigenvalue weighted by Crippen LogP contribution is 2.18. The van der Waals surface area contributed by atoms with Gasteiger partial charge in [0, 0.05) is 18.8 Å². The van der Waals surface area contributed by atoms with Crippen LogP contribution in [0.5, 0.6) is 0 Å². The van der Waals surface area contributed by atoms with Gasteiger partial charge >= 0.3 is 0 Å². The normalized spacial score (nSPS) is 13.2. The third-order valence-corrected chi connectivity index (χ3v) is 3.84. The molecule has 3 N–H and O–H groups in total. The first-order valence-electron chi connectivity index (χ1n) is 7.36. The van der Waals surface area contributed by atoms with Crippen molar-refractivity contribution in [3.05, 3.63) is 29.8 Å². The van der Waals surface area contributed by atoms with Crippen molar-refractivity contribution in [3.8, 4) is 0 Å². The Balaban J connectivity index is 2.60. The molecule has 108 valence electrons. The third kappa shape index (κ3) is 5.21. The highest BCUT2D eigenvalue weighted by Gasteiger charge is 2.15. The summed E-state index contributed by atoms with van der Waals surface area (Å²) in [6.07, 6.45) is 1.93. The van der Waals surface area contributed by atoms with Crippen molar-refractivity contribution in [2.45, 2.75) is 39.7 Å². The number of benzene rings is 1. The summed E-state index contributed by atoms with van der Waals surface area (Å²) in [6, 6.07) is 7.53. The molecule has 1 aromatic rings. The minimum Gasteiger partial charge on any atom is -0.399 e. The van der Waals surface area contributed by atoms with Crippen LogP contribution in [0.2, 0.25) is 0 Å². The van der Waals surface area contributed by atoms with Gasteiger partial charge in [0.25, 0.3) is 0 Å². The molecule has 0 heterocycles. The van der Waals surface area contributed by atoms with Crippen LogP contribution in [0.3, 0.4) is 0 Å². The van der Waals surface area contributed by atoms with Crippen LogP contribution >= 0.6 is 0 Å². The van der Waals surface area contributed by atoms with E-state index in [2.05, 4.69) is 25.7 Å². The molecule has 0 aromatic heterocycles. The molecule has 1 aromatic carbocycles. The molecule has 0 bridgehead atoms. The Hall–Kier alpha value is -1.06. The Bertz CT molecular complexity index is 364. The first-order chi connectivity index (χ1) is 9.10. The van der Waals surface area contributed by atoms with Crippen molar-refractivity contribution >= 4 is 5.69 Å². The zero-order chi connectivity index (χ0) is 14.3. The van der Waals surface area contributed by atoms with Gasteiger partial charge in [-0.2, -0.15) is 0 Å². The van der Waals surface area contributed by atoms with Crippen molar-refractivity contribution < 1.29 is 5.11 Å². The van der Waals surface area contributed by atoms with E-state index in [1.807, 2.05) is 24.3 Å². The Morgan fingerprint density at radius 1 is 1.16 bits per heavy atom. The molecule has 0 saturated heterocycles. The predicted molar refractivity (Wildman–Crippen MR) is 82.0 cm³/mol. The standard InChI is InChI=1S/C16H28N2O/c1-4-13(5-2)11-18(6-3)12-16(19)14-8-7-9-15(17)10-14/h7-10,13,16,19H,4-6,11-12,17H2,1-3H3. The van der Waals surface area contributed by atoms with Crippen LogP contribution in [0, 0.1) is 5.92 Å². The molecule has 1 atom stereocenters. The molecule has 0 aliphatic heterocycles. The molecule has 0 aliphatic rings. The summed E-state index contributed by atoms with van der Waals surface area (Å²) in [4.78, 5) is 2.32. The van der Waals surface area contributed by atoms with Gasteiger partial charge in [0.1, 0.15) is 0 Å². The Morgan fingerprint density at radius 2 is 1.84 bits per heavy atom. The van der Waals surface area contributed by atoms with Gasteiger partial charge < -0.3 is 15.7 Å². The Morgan fingerprint density at radius 3 is 2.37 bits per heavy atom. The average molecular weight is 264 g/mol. The van der Waals surface area contributed by atoms with E-state index in [9.17, 15) is 5.11 Å². The summed E-state index contributed by atoms with van der Waals surface area (Å²) in [5, 5.41) is 10.3. The van der Waals surface area contributed by atoms with E-state index in [4.69, 9.17) is 5.73 Å². The van der Waals surface area contributed by atoms with Gasteiger partial charge in [-0.05, 0) is 30.2 Å². The van der Waals surface area contributed by atoms with Gasteiger partial charge in [-0.25, -0.2) is 0 Å². The first-order valence-corrected chi connectivity index (χ1v) is 7.36. The van der Waals surface area contributed by atoms with Gasteiger partial charge in [-0.3, -0.25) is 0 Å². The summed E-state index contributed by atoms with van der Waals surface area (Å²) in [5.41, 5.74) is 7.37. The summed E-state index contributed by atoms with van der Waals surface area (Å²) in [5.74, 6) is 0.716. The molecule has 1 unspecified atom stereocenters. The van der Waals surface area contributed by atoms with Crippen LogP contribution in [0.15, 0.2) is 24.3 Å². The number of anilines is 1. The van der Waals surface area contributed by atoms with Gasteiger partial charge in [-0.15, -0.1) is 0 Å². The van der Waals surface area contributed by atoms with Crippen molar-refractivity contribution in [2.24, 2.45) is 5.92 Å². The molecule has 0 amide bonds. The number of aliphatic hydroxyl groups excluding tert-OH is 1. The van der Waals surface area contributed by atoms with Gasteiger partial charge in [0.15, 0.2) is 0 Å². The maximum absolute atomic E-state index is 10.3. The van der Waals surface area contributed by atoms with E-state index in [0.29, 0.717) is 18.2 Å². The number of hydrogen-bond donors (Lipinski definition) is 2. The second kappa shape index (κ2) is 8.18. The molecule has 19 heavy (non-hydrogen) atoms. The molecule has 0 radical (unpaired) electrons. The zero-order valence-corrected chi connectivity index (χ0v) is 12.5. The average Bonchev–Trinajstić information content (AvgIpc) is 2.43. The third-order valence-electron chi connectivity index (χ3n) is 3.84. The first kappa shape index (κ1) is 16.0. The number of nitrogen functional groups attached to an aromatic ring is 1. The zero-order valence-electron chi connectivity index (χ0n) is 12.5. The van der Waals surface area contributed by atoms with Crippen LogP contribution in [-0.2, 0) is 0 Å². The number of rotatable bonds is 8. The maximum atomic E-state index is 10.3. The number of nitrogens with two attached hydrogens (primary N) is 1. The molecular formula is C16H28N2O. The number of nitrogens with zero attached hydrogens (tertiary/aromatic N) is 1. The van der Waals surface area contributed by atoms with Crippen LogP contribution < -0.4 is 5.73 Å². The molecule has 0 spiro atoms. The summed E-state index contributed by atoms with van der Waals surface area (Å²) < 4.78 is 0.